The second kappa shape index (κ2) is 12.5. The van der Waals surface area contributed by atoms with Crippen molar-refractivity contribution in [2.45, 2.75) is 0 Å². The number of thiophene rings is 1. The lowest BCUT2D eigenvalue weighted by molar-refractivity contribution is 1.18. The van der Waals surface area contributed by atoms with Crippen LogP contribution >= 0.6 is 11.3 Å². The van der Waals surface area contributed by atoms with Gasteiger partial charge in [-0.3, -0.25) is 0 Å². The molecule has 11 aromatic carbocycles. The van der Waals surface area contributed by atoms with Gasteiger partial charge in [0.15, 0.2) is 5.82 Å². The van der Waals surface area contributed by atoms with Crippen LogP contribution in [0.15, 0.2) is 194 Å². The lowest BCUT2D eigenvalue weighted by Crippen LogP contribution is -1.96. The van der Waals surface area contributed by atoms with Crippen LogP contribution in [0.2, 0.25) is 0 Å². The standard InChI is InChI=1S/C56H32N2S/c1-2-10-36(11-3-1)56-57-48(32-49(58-56)39-26-27-43-42-17-4-5-21-50(42)59-51(43)31-39)38-16-6-15-37(28-38)41-29-40-25-24-35-13-8-19-45-44-18-7-12-33-22-23-34-14-9-20-46(54(34)52(33)44)47(30-41)55(40)53(35)45/h1-32H. The van der Waals surface area contributed by atoms with Crippen molar-refractivity contribution in [1.82, 2.24) is 9.97 Å². The number of aromatic nitrogens is 2. The molecule has 0 amide bonds. The second-order valence-corrected chi connectivity index (χ2v) is 16.8. The summed E-state index contributed by atoms with van der Waals surface area (Å²) in [6.45, 7) is 0. The van der Waals surface area contributed by atoms with E-state index in [2.05, 4.69) is 188 Å². The van der Waals surface area contributed by atoms with Crippen molar-refractivity contribution >= 4 is 96.1 Å². The highest BCUT2D eigenvalue weighted by molar-refractivity contribution is 7.25. The zero-order chi connectivity index (χ0) is 38.6. The Kier molecular flexibility index (Phi) is 6.92. The molecule has 0 aliphatic rings. The largest absolute Gasteiger partial charge is 0.228 e. The van der Waals surface area contributed by atoms with Crippen molar-refractivity contribution in [1.29, 1.82) is 0 Å². The van der Waals surface area contributed by atoms with Gasteiger partial charge in [-0.05, 0) is 112 Å². The van der Waals surface area contributed by atoms with Gasteiger partial charge in [0.05, 0.1) is 11.4 Å². The molecule has 2 aromatic heterocycles. The third kappa shape index (κ3) is 4.99. The molecule has 0 aliphatic heterocycles. The van der Waals surface area contributed by atoms with Crippen molar-refractivity contribution < 1.29 is 0 Å². The Morgan fingerprint density at radius 2 is 0.797 bits per heavy atom. The number of nitrogens with zero attached hydrogens (tertiary/aromatic N) is 2. The lowest BCUT2D eigenvalue weighted by Gasteiger charge is -2.17. The summed E-state index contributed by atoms with van der Waals surface area (Å²) in [5.74, 6) is 0.715. The molecule has 0 radical (unpaired) electrons. The Labute approximate surface area is 343 Å². The first-order valence-corrected chi connectivity index (χ1v) is 21.0. The third-order valence-electron chi connectivity index (χ3n) is 12.3. The predicted molar refractivity (Wildman–Crippen MR) is 253 cm³/mol. The van der Waals surface area contributed by atoms with E-state index in [9.17, 15) is 0 Å². The van der Waals surface area contributed by atoms with E-state index in [4.69, 9.17) is 9.97 Å². The van der Waals surface area contributed by atoms with Crippen LogP contribution in [0.5, 0.6) is 0 Å². The van der Waals surface area contributed by atoms with Crippen LogP contribution in [0.3, 0.4) is 0 Å². The summed E-state index contributed by atoms with van der Waals surface area (Å²) in [5.41, 5.74) is 7.26. The number of benzene rings is 10. The molecule has 0 aliphatic carbocycles. The van der Waals surface area contributed by atoms with Crippen LogP contribution in [0.4, 0.5) is 0 Å². The van der Waals surface area contributed by atoms with Gasteiger partial charge >= 0.3 is 0 Å². The number of fused-ring (bicyclic) bond motifs is 5. The zero-order valence-electron chi connectivity index (χ0n) is 31.8. The van der Waals surface area contributed by atoms with Crippen LogP contribution in [-0.4, -0.2) is 9.97 Å². The van der Waals surface area contributed by atoms with E-state index in [0.29, 0.717) is 5.82 Å². The van der Waals surface area contributed by atoms with Crippen LogP contribution in [0.1, 0.15) is 0 Å². The maximum absolute atomic E-state index is 5.24. The minimum Gasteiger partial charge on any atom is -0.228 e. The molecule has 2 heterocycles. The summed E-state index contributed by atoms with van der Waals surface area (Å²) in [5, 5.41) is 18.0. The van der Waals surface area contributed by atoms with Gasteiger partial charge in [-0.15, -0.1) is 11.3 Å². The van der Waals surface area contributed by atoms with Gasteiger partial charge in [-0.25, -0.2) is 9.97 Å². The predicted octanol–water partition coefficient (Wildman–Crippen LogP) is 15.9. The summed E-state index contributed by atoms with van der Waals surface area (Å²) in [4.78, 5) is 10.4. The van der Waals surface area contributed by atoms with Gasteiger partial charge in [0.2, 0.25) is 0 Å². The third-order valence-corrected chi connectivity index (χ3v) is 13.5. The first kappa shape index (κ1) is 32.6. The molecular formula is C56H32N2S. The van der Waals surface area contributed by atoms with E-state index in [-0.39, 0.29) is 0 Å². The van der Waals surface area contributed by atoms with Crippen LogP contribution < -0.4 is 0 Å². The molecule has 0 bridgehead atoms. The van der Waals surface area contributed by atoms with Crippen LogP contribution in [-0.2, 0) is 0 Å². The summed E-state index contributed by atoms with van der Waals surface area (Å²) >= 11 is 1.83. The Bertz CT molecular complexity index is 3840. The van der Waals surface area contributed by atoms with E-state index in [0.717, 1.165) is 33.6 Å². The molecule has 13 rings (SSSR count). The lowest BCUT2D eigenvalue weighted by atomic mass is 9.86. The molecule has 0 fully saturated rings. The topological polar surface area (TPSA) is 25.8 Å². The quantitative estimate of drug-likeness (QED) is 0.167. The summed E-state index contributed by atoms with van der Waals surface area (Å²) in [7, 11) is 0. The first-order valence-electron chi connectivity index (χ1n) is 20.1. The molecule has 0 N–H and O–H groups in total. The van der Waals surface area contributed by atoms with Crippen molar-refractivity contribution in [2.24, 2.45) is 0 Å². The molecule has 272 valence electrons. The fourth-order valence-corrected chi connectivity index (χ4v) is 10.8. The molecule has 0 unspecified atom stereocenters. The zero-order valence-corrected chi connectivity index (χ0v) is 32.6. The van der Waals surface area contributed by atoms with Crippen molar-refractivity contribution in [3.63, 3.8) is 0 Å². The maximum atomic E-state index is 5.24. The number of hydrogen-bond acceptors (Lipinski definition) is 3. The van der Waals surface area contributed by atoms with Gasteiger partial charge in [-0.2, -0.15) is 0 Å². The molecular weight excluding hydrogens is 733 g/mol. The molecule has 0 spiro atoms. The van der Waals surface area contributed by atoms with Crippen molar-refractivity contribution in [2.75, 3.05) is 0 Å². The second-order valence-electron chi connectivity index (χ2n) is 15.7. The van der Waals surface area contributed by atoms with E-state index in [1.54, 1.807) is 0 Å². The van der Waals surface area contributed by atoms with E-state index >= 15 is 0 Å². The van der Waals surface area contributed by atoms with E-state index in [1.165, 1.54) is 90.4 Å². The van der Waals surface area contributed by atoms with Gasteiger partial charge in [-0.1, -0.05) is 158 Å². The Hall–Kier alpha value is -7.46. The number of rotatable bonds is 4. The smallest absolute Gasteiger partial charge is 0.160 e. The van der Waals surface area contributed by atoms with Gasteiger partial charge < -0.3 is 0 Å². The van der Waals surface area contributed by atoms with Crippen molar-refractivity contribution in [3.05, 3.63) is 194 Å². The minimum atomic E-state index is 0.715. The highest BCUT2D eigenvalue weighted by Gasteiger charge is 2.18. The van der Waals surface area contributed by atoms with Gasteiger partial charge in [0.1, 0.15) is 0 Å². The first-order chi connectivity index (χ1) is 29.2. The average molecular weight is 765 g/mol. The summed E-state index contributed by atoms with van der Waals surface area (Å²) in [6, 6.07) is 71.1. The number of hydrogen-bond donors (Lipinski definition) is 0. The molecule has 0 saturated heterocycles. The van der Waals surface area contributed by atoms with Crippen molar-refractivity contribution in [3.8, 4) is 45.0 Å². The summed E-state index contributed by atoms with van der Waals surface area (Å²) < 4.78 is 2.56. The minimum absolute atomic E-state index is 0.715. The van der Waals surface area contributed by atoms with Gasteiger partial charge in [0, 0.05) is 36.9 Å². The normalized spacial score (nSPS) is 12.1. The monoisotopic (exact) mass is 764 g/mol. The van der Waals surface area contributed by atoms with Gasteiger partial charge in [0.25, 0.3) is 0 Å². The Balaban J connectivity index is 1.04. The Morgan fingerprint density at radius 3 is 1.51 bits per heavy atom. The molecule has 0 saturated carbocycles. The van der Waals surface area contributed by atoms with E-state index < -0.39 is 0 Å². The molecule has 3 heteroatoms. The average Bonchev–Trinajstić information content (AvgIpc) is 3.68. The molecule has 2 nitrogen and oxygen atoms in total. The molecule has 13 aromatic rings. The van der Waals surface area contributed by atoms with E-state index in [1.807, 2.05) is 17.4 Å². The Morgan fingerprint density at radius 1 is 0.271 bits per heavy atom. The highest BCUT2D eigenvalue weighted by atomic mass is 32.1. The molecule has 0 atom stereocenters. The van der Waals surface area contributed by atoms with Crippen LogP contribution in [0, 0.1) is 0 Å². The fraction of sp³-hybridized carbons (Fsp3) is 0. The SMILES string of the molecule is c1ccc(-c2nc(-c3cccc(-c4cc5ccc6cccc7c8cccc9ccc%10cccc(c(c4)c5c67)c%10c98)c3)cc(-c3ccc4c(c3)sc3ccccc34)n2)cc1. The highest BCUT2D eigenvalue weighted by Crippen LogP contribution is 2.45. The molecule has 59 heavy (non-hydrogen) atoms. The van der Waals surface area contributed by atoms with Crippen LogP contribution in [0.25, 0.3) is 130 Å². The maximum Gasteiger partial charge on any atom is 0.160 e. The summed E-state index contributed by atoms with van der Waals surface area (Å²) in [6.07, 6.45) is 0. The fourth-order valence-electron chi connectivity index (χ4n) is 9.65.